The van der Waals surface area contributed by atoms with Gasteiger partial charge in [-0.25, -0.2) is 4.98 Å². The topological polar surface area (TPSA) is 41.2 Å². The molecule has 3 heterocycles. The Balaban J connectivity index is 1.61. The number of fused-ring (bicyclic) bond motifs is 1. The van der Waals surface area contributed by atoms with Gasteiger partial charge in [-0.15, -0.1) is 0 Å². The number of morpholine rings is 1. The zero-order chi connectivity index (χ0) is 16.7. The highest BCUT2D eigenvalue weighted by atomic mass is 127. The number of rotatable bonds is 2. The number of nitrogens with one attached hydrogen (secondary N) is 1. The molecule has 0 spiro atoms. The molecule has 24 heavy (non-hydrogen) atoms. The van der Waals surface area contributed by atoms with Crippen LogP contribution in [0.2, 0.25) is 0 Å². The number of aromatic amines is 1. The maximum atomic E-state index is 5.82. The van der Waals surface area contributed by atoms with E-state index in [1.54, 1.807) is 0 Å². The Morgan fingerprint density at radius 2 is 1.83 bits per heavy atom. The lowest BCUT2D eigenvalue weighted by molar-refractivity contribution is -0.00521. The molecule has 0 bridgehead atoms. The fourth-order valence-electron chi connectivity index (χ4n) is 3.38. The van der Waals surface area contributed by atoms with Crippen LogP contribution in [0, 0.1) is 3.57 Å². The minimum absolute atomic E-state index is 0.274. The van der Waals surface area contributed by atoms with Crippen LogP contribution >= 0.6 is 22.6 Å². The standard InChI is InChI=1S/C19H20IN3O/c1-12-10-23(11-13(2)24-12)16-5-3-14(4-6-16)15-7-17-18(20)9-22-19(17)21-8-15/h3-9,12-13H,10-11H2,1-2H3,(H,21,22)/t12-,13-/m1/s1. The average Bonchev–Trinajstić information content (AvgIpc) is 2.95. The van der Waals surface area contributed by atoms with Crippen LogP contribution in [0.4, 0.5) is 5.69 Å². The maximum absolute atomic E-state index is 5.82. The van der Waals surface area contributed by atoms with Crippen molar-refractivity contribution in [3.63, 3.8) is 0 Å². The summed E-state index contributed by atoms with van der Waals surface area (Å²) in [4.78, 5) is 10.1. The Bertz CT molecular complexity index is 849. The van der Waals surface area contributed by atoms with E-state index in [-0.39, 0.29) is 12.2 Å². The van der Waals surface area contributed by atoms with Crippen LogP contribution in [-0.2, 0) is 4.74 Å². The van der Waals surface area contributed by atoms with Crippen molar-refractivity contribution in [2.24, 2.45) is 0 Å². The SMILES string of the molecule is C[C@@H]1CN(c2ccc(-c3cnc4[nH]cc(I)c4c3)cc2)C[C@@H](C)O1. The third-order valence-electron chi connectivity index (χ3n) is 4.47. The number of H-pyrrole nitrogens is 1. The first-order valence-electron chi connectivity index (χ1n) is 8.23. The van der Waals surface area contributed by atoms with Gasteiger partial charge in [-0.2, -0.15) is 0 Å². The summed E-state index contributed by atoms with van der Waals surface area (Å²) in [5.41, 5.74) is 4.54. The summed E-state index contributed by atoms with van der Waals surface area (Å²) in [6.45, 7) is 6.16. The highest BCUT2D eigenvalue weighted by Crippen LogP contribution is 2.28. The number of hydrogen-bond acceptors (Lipinski definition) is 3. The zero-order valence-electron chi connectivity index (χ0n) is 13.8. The minimum Gasteiger partial charge on any atom is -0.372 e. The van der Waals surface area contributed by atoms with Crippen molar-refractivity contribution in [2.45, 2.75) is 26.1 Å². The van der Waals surface area contributed by atoms with E-state index in [2.05, 4.69) is 81.6 Å². The van der Waals surface area contributed by atoms with Gasteiger partial charge in [0, 0.05) is 45.7 Å². The third kappa shape index (κ3) is 3.02. The van der Waals surface area contributed by atoms with Gasteiger partial charge in [0.25, 0.3) is 0 Å². The molecule has 4 nitrogen and oxygen atoms in total. The minimum atomic E-state index is 0.274. The second kappa shape index (κ2) is 6.37. The Morgan fingerprint density at radius 1 is 1.12 bits per heavy atom. The van der Waals surface area contributed by atoms with Crippen LogP contribution in [0.3, 0.4) is 0 Å². The smallest absolute Gasteiger partial charge is 0.138 e. The van der Waals surface area contributed by atoms with Gasteiger partial charge in [0.05, 0.1) is 12.2 Å². The Kier molecular flexibility index (Phi) is 4.22. The van der Waals surface area contributed by atoms with Crippen molar-refractivity contribution in [3.05, 3.63) is 46.3 Å². The Labute approximate surface area is 155 Å². The molecule has 0 saturated carbocycles. The van der Waals surface area contributed by atoms with Gasteiger partial charge in [-0.05, 0) is 60.2 Å². The van der Waals surface area contributed by atoms with E-state index >= 15 is 0 Å². The van der Waals surface area contributed by atoms with E-state index in [0.717, 1.165) is 24.3 Å². The first-order chi connectivity index (χ1) is 11.6. The Morgan fingerprint density at radius 3 is 2.54 bits per heavy atom. The monoisotopic (exact) mass is 433 g/mol. The molecule has 0 amide bonds. The molecule has 0 aliphatic carbocycles. The molecular formula is C19H20IN3O. The highest BCUT2D eigenvalue weighted by Gasteiger charge is 2.22. The molecule has 4 rings (SSSR count). The van der Waals surface area contributed by atoms with Crippen molar-refractivity contribution < 1.29 is 4.74 Å². The fraction of sp³-hybridized carbons (Fsp3) is 0.316. The van der Waals surface area contributed by atoms with E-state index in [9.17, 15) is 0 Å². The molecule has 0 unspecified atom stereocenters. The quantitative estimate of drug-likeness (QED) is 0.608. The molecule has 1 N–H and O–H groups in total. The lowest BCUT2D eigenvalue weighted by Crippen LogP contribution is -2.45. The van der Waals surface area contributed by atoms with Crippen LogP contribution in [-0.4, -0.2) is 35.3 Å². The van der Waals surface area contributed by atoms with E-state index in [0.29, 0.717) is 0 Å². The van der Waals surface area contributed by atoms with Crippen molar-refractivity contribution in [2.75, 3.05) is 18.0 Å². The van der Waals surface area contributed by atoms with Crippen molar-refractivity contribution in [1.82, 2.24) is 9.97 Å². The van der Waals surface area contributed by atoms with E-state index < -0.39 is 0 Å². The molecule has 2 aromatic heterocycles. The van der Waals surface area contributed by atoms with Crippen molar-refractivity contribution >= 4 is 39.3 Å². The van der Waals surface area contributed by atoms with Crippen LogP contribution < -0.4 is 4.90 Å². The van der Waals surface area contributed by atoms with Gasteiger partial charge in [-0.1, -0.05) is 12.1 Å². The number of benzene rings is 1. The number of aromatic nitrogens is 2. The van der Waals surface area contributed by atoms with Gasteiger partial charge in [-0.3, -0.25) is 0 Å². The molecule has 0 radical (unpaired) electrons. The van der Waals surface area contributed by atoms with E-state index in [1.165, 1.54) is 20.2 Å². The summed E-state index contributed by atoms with van der Waals surface area (Å²) in [5.74, 6) is 0. The summed E-state index contributed by atoms with van der Waals surface area (Å²) in [7, 11) is 0. The van der Waals surface area contributed by atoms with Crippen LogP contribution in [0.5, 0.6) is 0 Å². The van der Waals surface area contributed by atoms with Gasteiger partial charge in [0.15, 0.2) is 0 Å². The first-order valence-corrected chi connectivity index (χ1v) is 9.31. The molecule has 1 aliphatic heterocycles. The normalized spacial score (nSPS) is 21.4. The largest absolute Gasteiger partial charge is 0.372 e. The molecular weight excluding hydrogens is 413 g/mol. The summed E-state index contributed by atoms with van der Waals surface area (Å²) in [6.07, 6.45) is 4.47. The number of halogens is 1. The molecule has 1 fully saturated rings. The lowest BCUT2D eigenvalue weighted by atomic mass is 10.1. The number of pyridine rings is 1. The maximum Gasteiger partial charge on any atom is 0.138 e. The van der Waals surface area contributed by atoms with Gasteiger partial charge in [0.1, 0.15) is 5.65 Å². The van der Waals surface area contributed by atoms with E-state index in [1.807, 2.05) is 12.4 Å². The second-order valence-electron chi connectivity index (χ2n) is 6.47. The van der Waals surface area contributed by atoms with E-state index in [4.69, 9.17) is 4.74 Å². The summed E-state index contributed by atoms with van der Waals surface area (Å²) in [6, 6.07) is 11.0. The number of hydrogen-bond donors (Lipinski definition) is 1. The van der Waals surface area contributed by atoms with Crippen LogP contribution in [0.25, 0.3) is 22.2 Å². The van der Waals surface area contributed by atoms with Gasteiger partial charge < -0.3 is 14.6 Å². The Hall–Kier alpha value is -1.60. The molecule has 1 aromatic carbocycles. The number of nitrogens with zero attached hydrogens (tertiary/aromatic N) is 2. The predicted octanol–water partition coefficient (Wildman–Crippen LogP) is 4.45. The fourth-order valence-corrected chi connectivity index (χ4v) is 3.95. The number of ether oxygens (including phenoxy) is 1. The molecule has 2 atom stereocenters. The van der Waals surface area contributed by atoms with Crippen LogP contribution in [0.1, 0.15) is 13.8 Å². The zero-order valence-corrected chi connectivity index (χ0v) is 15.9. The molecule has 124 valence electrons. The molecule has 1 saturated heterocycles. The third-order valence-corrected chi connectivity index (χ3v) is 5.36. The van der Waals surface area contributed by atoms with Gasteiger partial charge in [0.2, 0.25) is 0 Å². The van der Waals surface area contributed by atoms with Gasteiger partial charge >= 0.3 is 0 Å². The summed E-state index contributed by atoms with van der Waals surface area (Å²) >= 11 is 2.34. The van der Waals surface area contributed by atoms with Crippen molar-refractivity contribution in [1.29, 1.82) is 0 Å². The molecule has 5 heteroatoms. The van der Waals surface area contributed by atoms with Crippen LogP contribution in [0.15, 0.2) is 42.7 Å². The lowest BCUT2D eigenvalue weighted by Gasteiger charge is -2.36. The second-order valence-corrected chi connectivity index (χ2v) is 7.63. The summed E-state index contributed by atoms with van der Waals surface area (Å²) in [5, 5.41) is 1.17. The summed E-state index contributed by atoms with van der Waals surface area (Å²) < 4.78 is 7.02. The average molecular weight is 433 g/mol. The number of anilines is 1. The molecule has 3 aromatic rings. The highest BCUT2D eigenvalue weighted by molar-refractivity contribution is 14.1. The molecule has 1 aliphatic rings. The first kappa shape index (κ1) is 15.9. The predicted molar refractivity (Wildman–Crippen MR) is 106 cm³/mol. The van der Waals surface area contributed by atoms with Crippen molar-refractivity contribution in [3.8, 4) is 11.1 Å².